The maximum absolute atomic E-state index is 11.5. The molecule has 0 amide bonds. The molecule has 114 valence electrons. The summed E-state index contributed by atoms with van der Waals surface area (Å²) in [5.41, 5.74) is 7.08. The molecule has 2 heterocycles. The molecular weight excluding hydrogens is 270 g/mol. The van der Waals surface area contributed by atoms with Crippen LogP contribution in [-0.2, 0) is 11.3 Å². The van der Waals surface area contributed by atoms with Crippen LogP contribution in [0, 0.1) is 0 Å². The van der Waals surface area contributed by atoms with Crippen LogP contribution in [0.15, 0.2) is 18.5 Å². The second kappa shape index (κ2) is 6.43. The first-order valence-electron chi connectivity index (χ1n) is 7.04. The smallest absolute Gasteiger partial charge is 0.360 e. The lowest BCUT2D eigenvalue weighted by atomic mass is 10.2. The highest BCUT2D eigenvalue weighted by Gasteiger charge is 2.16. The summed E-state index contributed by atoms with van der Waals surface area (Å²) >= 11 is 0. The Kier molecular flexibility index (Phi) is 4.62. The lowest BCUT2D eigenvalue weighted by molar-refractivity contribution is 0.0594. The molecule has 7 nitrogen and oxygen atoms in total. The van der Waals surface area contributed by atoms with Gasteiger partial charge in [-0.15, -0.1) is 0 Å². The van der Waals surface area contributed by atoms with Crippen LogP contribution >= 0.6 is 0 Å². The third-order valence-electron chi connectivity index (χ3n) is 3.47. The summed E-state index contributed by atoms with van der Waals surface area (Å²) in [4.78, 5) is 11.5. The summed E-state index contributed by atoms with van der Waals surface area (Å²) in [6.45, 7) is 4.76. The number of carbonyl (C=O) groups is 1. The Morgan fingerprint density at radius 2 is 2.10 bits per heavy atom. The fourth-order valence-corrected chi connectivity index (χ4v) is 2.27. The van der Waals surface area contributed by atoms with Gasteiger partial charge in [0.2, 0.25) is 0 Å². The van der Waals surface area contributed by atoms with Crippen molar-refractivity contribution in [2.24, 2.45) is 0 Å². The molecule has 0 aliphatic heterocycles. The highest BCUT2D eigenvalue weighted by molar-refractivity contribution is 5.92. The molecule has 2 aromatic heterocycles. The van der Waals surface area contributed by atoms with Gasteiger partial charge in [-0.25, -0.2) is 4.79 Å². The van der Waals surface area contributed by atoms with Crippen LogP contribution in [0.3, 0.4) is 0 Å². The van der Waals surface area contributed by atoms with Crippen LogP contribution in [0.25, 0.3) is 0 Å². The number of anilines is 1. The molecule has 0 aliphatic rings. The molecule has 0 aliphatic carbocycles. The largest absolute Gasteiger partial charge is 0.464 e. The van der Waals surface area contributed by atoms with Crippen molar-refractivity contribution in [2.45, 2.75) is 39.3 Å². The summed E-state index contributed by atoms with van der Waals surface area (Å²) in [6, 6.07) is 2.36. The number of rotatable bonds is 6. The molecule has 0 spiro atoms. The number of ether oxygens (including phenoxy) is 1. The molecule has 2 aromatic rings. The predicted octanol–water partition coefficient (Wildman–Crippen LogP) is 1.86. The number of hydrogen-bond acceptors (Lipinski definition) is 5. The third kappa shape index (κ3) is 3.24. The first-order valence-corrected chi connectivity index (χ1v) is 7.04. The van der Waals surface area contributed by atoms with Crippen molar-refractivity contribution in [3.05, 3.63) is 29.8 Å². The Balaban J connectivity index is 2.14. The summed E-state index contributed by atoms with van der Waals surface area (Å²) in [5.74, 6) is -0.534. The minimum Gasteiger partial charge on any atom is -0.464 e. The lowest BCUT2D eigenvalue weighted by Gasteiger charge is -2.12. The SMILES string of the molecule is CCC(CC)n1ccc(Cn2cc(N)c(C(=O)OC)n2)n1. The Morgan fingerprint density at radius 3 is 2.71 bits per heavy atom. The number of nitrogens with two attached hydrogens (primary N) is 1. The van der Waals surface area contributed by atoms with Crippen molar-refractivity contribution in [1.29, 1.82) is 0 Å². The van der Waals surface area contributed by atoms with Crippen LogP contribution in [0.1, 0.15) is 48.9 Å². The Hall–Kier alpha value is -2.31. The zero-order valence-electron chi connectivity index (χ0n) is 12.6. The quantitative estimate of drug-likeness (QED) is 0.821. The van der Waals surface area contributed by atoms with Gasteiger partial charge in [0.1, 0.15) is 0 Å². The van der Waals surface area contributed by atoms with Crippen molar-refractivity contribution in [3.63, 3.8) is 0 Å². The van der Waals surface area contributed by atoms with Gasteiger partial charge in [0.25, 0.3) is 0 Å². The number of hydrogen-bond donors (Lipinski definition) is 1. The Bertz CT molecular complexity index is 613. The van der Waals surface area contributed by atoms with Crippen molar-refractivity contribution in [3.8, 4) is 0 Å². The monoisotopic (exact) mass is 291 g/mol. The first kappa shape index (κ1) is 15.1. The number of aromatic nitrogens is 4. The molecule has 0 saturated heterocycles. The van der Waals surface area contributed by atoms with Crippen LogP contribution in [-0.4, -0.2) is 32.6 Å². The van der Waals surface area contributed by atoms with E-state index in [2.05, 4.69) is 28.8 Å². The van der Waals surface area contributed by atoms with E-state index < -0.39 is 5.97 Å². The van der Waals surface area contributed by atoms with Crippen molar-refractivity contribution >= 4 is 11.7 Å². The van der Waals surface area contributed by atoms with Crippen LogP contribution < -0.4 is 5.73 Å². The number of esters is 1. The maximum atomic E-state index is 11.5. The topological polar surface area (TPSA) is 88.0 Å². The molecule has 21 heavy (non-hydrogen) atoms. The third-order valence-corrected chi connectivity index (χ3v) is 3.47. The first-order chi connectivity index (χ1) is 10.1. The van der Waals surface area contributed by atoms with Crippen molar-refractivity contribution in [1.82, 2.24) is 19.6 Å². The fourth-order valence-electron chi connectivity index (χ4n) is 2.27. The van der Waals surface area contributed by atoms with Gasteiger partial charge in [0.15, 0.2) is 5.69 Å². The number of methoxy groups -OCH3 is 1. The molecule has 0 atom stereocenters. The minimum absolute atomic E-state index is 0.136. The second-order valence-electron chi connectivity index (χ2n) is 4.88. The van der Waals surface area contributed by atoms with Gasteiger partial charge in [-0.05, 0) is 18.9 Å². The molecule has 0 fully saturated rings. The molecule has 0 unspecified atom stereocenters. The van der Waals surface area contributed by atoms with Crippen molar-refractivity contribution in [2.75, 3.05) is 12.8 Å². The van der Waals surface area contributed by atoms with Gasteiger partial charge in [-0.3, -0.25) is 9.36 Å². The maximum Gasteiger partial charge on any atom is 0.360 e. The zero-order valence-corrected chi connectivity index (χ0v) is 12.6. The number of carbonyl (C=O) groups excluding carboxylic acids is 1. The average molecular weight is 291 g/mol. The molecule has 2 rings (SSSR count). The highest BCUT2D eigenvalue weighted by Crippen LogP contribution is 2.16. The molecule has 7 heteroatoms. The van der Waals surface area contributed by atoms with Gasteiger partial charge in [-0.1, -0.05) is 13.8 Å². The van der Waals surface area contributed by atoms with E-state index in [0.717, 1.165) is 18.5 Å². The molecule has 2 N–H and O–H groups in total. The van der Waals surface area contributed by atoms with E-state index in [4.69, 9.17) is 5.73 Å². The zero-order chi connectivity index (χ0) is 15.4. The fraction of sp³-hybridized carbons (Fsp3) is 0.500. The van der Waals surface area contributed by atoms with E-state index in [1.54, 1.807) is 10.9 Å². The van der Waals surface area contributed by atoms with E-state index in [-0.39, 0.29) is 5.69 Å². The number of nitrogen functional groups attached to an aromatic ring is 1. The highest BCUT2D eigenvalue weighted by atomic mass is 16.5. The Morgan fingerprint density at radius 1 is 1.38 bits per heavy atom. The normalized spacial score (nSPS) is 11.0. The summed E-state index contributed by atoms with van der Waals surface area (Å²) in [7, 11) is 1.30. The van der Waals surface area contributed by atoms with Gasteiger partial charge in [0, 0.05) is 12.4 Å². The molecule has 0 saturated carbocycles. The van der Waals surface area contributed by atoms with E-state index in [0.29, 0.717) is 18.3 Å². The van der Waals surface area contributed by atoms with Crippen LogP contribution in [0.5, 0.6) is 0 Å². The molecular formula is C14H21N5O2. The van der Waals surface area contributed by atoms with E-state index in [1.165, 1.54) is 7.11 Å². The summed E-state index contributed by atoms with van der Waals surface area (Å²) in [6.07, 6.45) is 5.67. The predicted molar refractivity (Wildman–Crippen MR) is 78.9 cm³/mol. The summed E-state index contributed by atoms with van der Waals surface area (Å²) < 4.78 is 8.20. The van der Waals surface area contributed by atoms with Gasteiger partial charge >= 0.3 is 5.97 Å². The van der Waals surface area contributed by atoms with Gasteiger partial charge in [0.05, 0.1) is 31.1 Å². The second-order valence-corrected chi connectivity index (χ2v) is 4.88. The van der Waals surface area contributed by atoms with Gasteiger partial charge in [-0.2, -0.15) is 10.2 Å². The van der Waals surface area contributed by atoms with E-state index in [1.807, 2.05) is 16.9 Å². The summed E-state index contributed by atoms with van der Waals surface area (Å²) in [5, 5.41) is 8.69. The van der Waals surface area contributed by atoms with Gasteiger partial charge < -0.3 is 10.5 Å². The average Bonchev–Trinajstić information content (AvgIpc) is 3.07. The molecule has 0 radical (unpaired) electrons. The number of nitrogens with zero attached hydrogens (tertiary/aromatic N) is 4. The van der Waals surface area contributed by atoms with E-state index in [9.17, 15) is 4.79 Å². The van der Waals surface area contributed by atoms with E-state index >= 15 is 0 Å². The molecule has 0 aromatic carbocycles. The standard InChI is InChI=1S/C14H21N5O2/c1-4-11(5-2)19-7-6-10(16-19)8-18-9-12(15)13(17-18)14(20)21-3/h6-7,9,11H,4-5,8,15H2,1-3H3. The lowest BCUT2D eigenvalue weighted by Crippen LogP contribution is -2.09. The molecule has 0 bridgehead atoms. The van der Waals surface area contributed by atoms with Crippen LogP contribution in [0.4, 0.5) is 5.69 Å². The van der Waals surface area contributed by atoms with Crippen LogP contribution in [0.2, 0.25) is 0 Å². The Labute approximate surface area is 123 Å². The van der Waals surface area contributed by atoms with Crippen molar-refractivity contribution < 1.29 is 9.53 Å². The minimum atomic E-state index is -0.534.